The number of carbonyl (C=O) groups is 1. The second-order valence-corrected chi connectivity index (χ2v) is 6.57. The van der Waals surface area contributed by atoms with Crippen molar-refractivity contribution in [3.05, 3.63) is 47.5 Å². The number of thioether (sulfide) groups is 1. The van der Waals surface area contributed by atoms with Crippen LogP contribution in [0.5, 0.6) is 11.5 Å². The van der Waals surface area contributed by atoms with Crippen LogP contribution in [0.15, 0.2) is 47.4 Å². The molecule has 0 heterocycles. The molecule has 0 aliphatic carbocycles. The van der Waals surface area contributed by atoms with Crippen LogP contribution in [0.2, 0.25) is 5.02 Å². The Balaban J connectivity index is 2.13. The zero-order chi connectivity index (χ0) is 16.8. The Kier molecular flexibility index (Phi) is 6.19. The van der Waals surface area contributed by atoms with Crippen LogP contribution in [0.4, 0.5) is 5.69 Å². The van der Waals surface area contributed by atoms with Crippen molar-refractivity contribution in [1.82, 2.24) is 0 Å². The lowest BCUT2D eigenvalue weighted by Crippen LogP contribution is -2.22. The topological polar surface area (TPSA) is 47.6 Å². The lowest BCUT2D eigenvalue weighted by Gasteiger charge is -2.16. The number of carbonyl (C=O) groups excluding carboxylic acids is 1. The summed E-state index contributed by atoms with van der Waals surface area (Å²) >= 11 is 7.55. The molecule has 23 heavy (non-hydrogen) atoms. The van der Waals surface area contributed by atoms with E-state index in [2.05, 4.69) is 5.32 Å². The summed E-state index contributed by atoms with van der Waals surface area (Å²) in [6.45, 7) is 1.85. The van der Waals surface area contributed by atoms with Crippen molar-refractivity contribution in [3.8, 4) is 11.5 Å². The van der Waals surface area contributed by atoms with Gasteiger partial charge in [0.15, 0.2) is 0 Å². The van der Waals surface area contributed by atoms with Crippen molar-refractivity contribution in [1.29, 1.82) is 0 Å². The molecule has 1 amide bonds. The van der Waals surface area contributed by atoms with Crippen LogP contribution in [0.25, 0.3) is 0 Å². The fourth-order valence-corrected chi connectivity index (χ4v) is 3.07. The van der Waals surface area contributed by atoms with Crippen LogP contribution in [0, 0.1) is 0 Å². The van der Waals surface area contributed by atoms with E-state index >= 15 is 0 Å². The Morgan fingerprint density at radius 3 is 2.39 bits per heavy atom. The molecule has 0 saturated carbocycles. The van der Waals surface area contributed by atoms with Gasteiger partial charge < -0.3 is 14.8 Å². The average molecular weight is 352 g/mol. The molecule has 0 bridgehead atoms. The molecule has 122 valence electrons. The predicted octanol–water partition coefficient (Wildman–Crippen LogP) is 4.48. The van der Waals surface area contributed by atoms with Gasteiger partial charge in [0.1, 0.15) is 11.5 Å². The van der Waals surface area contributed by atoms with E-state index in [9.17, 15) is 4.79 Å². The molecule has 2 rings (SSSR count). The molecule has 0 unspecified atom stereocenters. The van der Waals surface area contributed by atoms with Crippen molar-refractivity contribution in [2.45, 2.75) is 17.1 Å². The van der Waals surface area contributed by atoms with Gasteiger partial charge in [-0.2, -0.15) is 0 Å². The lowest BCUT2D eigenvalue weighted by atomic mass is 10.2. The van der Waals surface area contributed by atoms with Crippen LogP contribution in [0.3, 0.4) is 0 Å². The molecule has 0 fully saturated rings. The maximum Gasteiger partial charge on any atom is 0.237 e. The third-order valence-electron chi connectivity index (χ3n) is 3.16. The third kappa shape index (κ3) is 4.56. The molecule has 0 radical (unpaired) electrons. The van der Waals surface area contributed by atoms with E-state index in [1.165, 1.54) is 26.0 Å². The Hall–Kier alpha value is -1.85. The summed E-state index contributed by atoms with van der Waals surface area (Å²) in [6, 6.07) is 13.0. The largest absolute Gasteiger partial charge is 0.495 e. The first kappa shape index (κ1) is 17.5. The number of hydrogen-bond acceptors (Lipinski definition) is 4. The fourth-order valence-electron chi connectivity index (χ4n) is 1.95. The van der Waals surface area contributed by atoms with Crippen LogP contribution in [-0.4, -0.2) is 25.4 Å². The first-order chi connectivity index (χ1) is 11.0. The summed E-state index contributed by atoms with van der Waals surface area (Å²) in [7, 11) is 3.04. The van der Waals surface area contributed by atoms with E-state index in [1.54, 1.807) is 12.1 Å². The Labute approximate surface area is 145 Å². The van der Waals surface area contributed by atoms with Crippen LogP contribution in [0.1, 0.15) is 6.92 Å². The Morgan fingerprint density at radius 2 is 1.78 bits per heavy atom. The first-order valence-corrected chi connectivity index (χ1v) is 8.25. The van der Waals surface area contributed by atoms with E-state index in [1.807, 2.05) is 37.3 Å². The lowest BCUT2D eigenvalue weighted by molar-refractivity contribution is -0.115. The van der Waals surface area contributed by atoms with Gasteiger partial charge in [-0.05, 0) is 19.1 Å². The summed E-state index contributed by atoms with van der Waals surface area (Å²) in [5.41, 5.74) is 0.527. The van der Waals surface area contributed by atoms with Crippen LogP contribution >= 0.6 is 23.4 Å². The zero-order valence-electron chi connectivity index (χ0n) is 13.1. The summed E-state index contributed by atoms with van der Waals surface area (Å²) in [5, 5.41) is 3.02. The minimum absolute atomic E-state index is 0.124. The molecule has 1 N–H and O–H groups in total. The number of anilines is 1. The minimum Gasteiger partial charge on any atom is -0.495 e. The number of ether oxygens (including phenoxy) is 2. The summed E-state index contributed by atoms with van der Waals surface area (Å²) in [4.78, 5) is 13.4. The first-order valence-electron chi connectivity index (χ1n) is 6.99. The van der Waals surface area contributed by atoms with Gasteiger partial charge in [0.2, 0.25) is 5.91 Å². The Bertz CT molecular complexity index is 679. The summed E-state index contributed by atoms with van der Waals surface area (Å²) in [5.74, 6) is 0.841. The number of methoxy groups -OCH3 is 2. The van der Waals surface area contributed by atoms with Gasteiger partial charge in [-0.15, -0.1) is 11.8 Å². The molecule has 6 heteroatoms. The quantitative estimate of drug-likeness (QED) is 0.780. The molecule has 1 atom stereocenters. The fraction of sp³-hybridized carbons (Fsp3) is 0.235. The van der Waals surface area contributed by atoms with E-state index in [0.29, 0.717) is 22.2 Å². The number of benzene rings is 2. The highest BCUT2D eigenvalue weighted by Gasteiger charge is 2.18. The number of halogens is 1. The van der Waals surface area contributed by atoms with E-state index < -0.39 is 0 Å². The zero-order valence-corrected chi connectivity index (χ0v) is 14.7. The smallest absolute Gasteiger partial charge is 0.237 e. The van der Waals surface area contributed by atoms with Crippen LogP contribution in [-0.2, 0) is 4.79 Å². The van der Waals surface area contributed by atoms with Crippen molar-refractivity contribution in [2.24, 2.45) is 0 Å². The molecule has 2 aromatic rings. The second kappa shape index (κ2) is 8.13. The highest BCUT2D eigenvalue weighted by molar-refractivity contribution is 8.00. The molecule has 0 aromatic heterocycles. The highest BCUT2D eigenvalue weighted by Crippen LogP contribution is 2.36. The summed E-state index contributed by atoms with van der Waals surface area (Å²) in [6.07, 6.45) is 0. The maximum atomic E-state index is 12.4. The van der Waals surface area contributed by atoms with E-state index in [0.717, 1.165) is 4.90 Å². The van der Waals surface area contributed by atoms with Crippen LogP contribution < -0.4 is 14.8 Å². The average Bonchev–Trinajstić information content (AvgIpc) is 2.56. The number of hydrogen-bond donors (Lipinski definition) is 1. The molecule has 0 spiro atoms. The van der Waals surface area contributed by atoms with Gasteiger partial charge in [-0.3, -0.25) is 4.79 Å². The number of nitrogens with one attached hydrogen (secondary N) is 1. The van der Waals surface area contributed by atoms with E-state index in [-0.39, 0.29) is 11.2 Å². The molecular formula is C17H18ClNO3S. The van der Waals surface area contributed by atoms with Gasteiger partial charge in [-0.1, -0.05) is 29.8 Å². The molecule has 2 aromatic carbocycles. The normalized spacial score (nSPS) is 11.7. The third-order valence-corrected chi connectivity index (χ3v) is 4.56. The summed E-state index contributed by atoms with van der Waals surface area (Å²) < 4.78 is 10.4. The minimum atomic E-state index is -0.260. The molecule has 0 aliphatic rings. The van der Waals surface area contributed by atoms with Crippen molar-refractivity contribution in [2.75, 3.05) is 19.5 Å². The molecule has 4 nitrogen and oxygen atoms in total. The van der Waals surface area contributed by atoms with Crippen molar-refractivity contribution >= 4 is 35.0 Å². The van der Waals surface area contributed by atoms with Gasteiger partial charge >= 0.3 is 0 Å². The van der Waals surface area contributed by atoms with Gasteiger partial charge in [-0.25, -0.2) is 0 Å². The molecular weight excluding hydrogens is 334 g/mol. The molecule has 0 aliphatic heterocycles. The standard InChI is InChI=1S/C17H18ClNO3S/c1-11(23-12-7-5-4-6-8-12)17(20)19-14-10-15(21-2)13(18)9-16(14)22-3/h4-11H,1-3H3,(H,19,20)/t11-/m0/s1. The monoisotopic (exact) mass is 351 g/mol. The number of rotatable bonds is 6. The molecule has 0 saturated heterocycles. The second-order valence-electron chi connectivity index (χ2n) is 4.75. The van der Waals surface area contributed by atoms with Crippen molar-refractivity contribution < 1.29 is 14.3 Å². The predicted molar refractivity (Wildman–Crippen MR) is 94.9 cm³/mol. The maximum absolute atomic E-state index is 12.4. The Morgan fingerprint density at radius 1 is 1.13 bits per heavy atom. The van der Waals surface area contributed by atoms with Gasteiger partial charge in [0, 0.05) is 17.0 Å². The highest BCUT2D eigenvalue weighted by atomic mass is 35.5. The van der Waals surface area contributed by atoms with Gasteiger partial charge in [0.25, 0.3) is 0 Å². The van der Waals surface area contributed by atoms with E-state index in [4.69, 9.17) is 21.1 Å². The van der Waals surface area contributed by atoms with Crippen molar-refractivity contribution in [3.63, 3.8) is 0 Å². The SMILES string of the molecule is COc1cc(NC(=O)[C@H](C)Sc2ccccc2)c(OC)cc1Cl. The van der Waals surface area contributed by atoms with Gasteiger partial charge in [0.05, 0.1) is 30.2 Å². The number of amides is 1.